The molecule has 0 aromatic heterocycles. The first kappa shape index (κ1) is 11.1. The van der Waals surface area contributed by atoms with Gasteiger partial charge in [-0.2, -0.15) is 0 Å². The molecule has 0 aliphatic heterocycles. The summed E-state index contributed by atoms with van der Waals surface area (Å²) in [6, 6.07) is 0. The molecule has 1 aliphatic carbocycles. The van der Waals surface area contributed by atoms with Crippen molar-refractivity contribution in [3.05, 3.63) is 0 Å². The first-order chi connectivity index (χ1) is 6.03. The van der Waals surface area contributed by atoms with Gasteiger partial charge >= 0.3 is 0 Å². The average molecular weight is 182 g/mol. The first-order valence-electron chi connectivity index (χ1n) is 6.03. The summed E-state index contributed by atoms with van der Waals surface area (Å²) in [7, 11) is 0. The third-order valence-electron chi connectivity index (χ3n) is 3.80. The van der Waals surface area contributed by atoms with Crippen molar-refractivity contribution in [3.63, 3.8) is 0 Å². The molecule has 0 saturated heterocycles. The summed E-state index contributed by atoms with van der Waals surface area (Å²) < 4.78 is 0. The standard InChI is InChI=1S/C13H26/c1-5-12-7-6-11(2)8-9-13(3,4)10-12/h11-12H,5-10H2,1-4H3. The molecule has 0 radical (unpaired) electrons. The molecule has 0 aromatic rings. The van der Waals surface area contributed by atoms with Crippen molar-refractivity contribution in [1.82, 2.24) is 0 Å². The van der Waals surface area contributed by atoms with Crippen LogP contribution in [0.1, 0.15) is 66.2 Å². The van der Waals surface area contributed by atoms with E-state index in [0.717, 1.165) is 11.8 Å². The largest absolute Gasteiger partial charge is 0.0651 e. The van der Waals surface area contributed by atoms with Crippen LogP contribution in [0, 0.1) is 17.3 Å². The van der Waals surface area contributed by atoms with E-state index >= 15 is 0 Å². The van der Waals surface area contributed by atoms with Crippen LogP contribution >= 0.6 is 0 Å². The summed E-state index contributed by atoms with van der Waals surface area (Å²) in [6.45, 7) is 9.68. The third-order valence-corrected chi connectivity index (χ3v) is 3.80. The number of rotatable bonds is 1. The molecule has 0 nitrogen and oxygen atoms in total. The van der Waals surface area contributed by atoms with Gasteiger partial charge in [-0.1, -0.05) is 53.4 Å². The molecule has 1 aliphatic rings. The van der Waals surface area contributed by atoms with E-state index in [0.29, 0.717) is 5.41 Å². The predicted molar refractivity (Wildman–Crippen MR) is 59.8 cm³/mol. The average Bonchev–Trinajstić information content (AvgIpc) is 2.07. The van der Waals surface area contributed by atoms with Gasteiger partial charge in [0.15, 0.2) is 0 Å². The lowest BCUT2D eigenvalue weighted by Crippen LogP contribution is -2.21. The highest BCUT2D eigenvalue weighted by molar-refractivity contribution is 4.77. The van der Waals surface area contributed by atoms with Crippen LogP contribution in [0.5, 0.6) is 0 Å². The Morgan fingerprint density at radius 3 is 2.46 bits per heavy atom. The summed E-state index contributed by atoms with van der Waals surface area (Å²) in [5.41, 5.74) is 0.607. The van der Waals surface area contributed by atoms with E-state index in [1.165, 1.54) is 38.5 Å². The highest BCUT2D eigenvalue weighted by Gasteiger charge is 2.25. The molecule has 0 N–H and O–H groups in total. The van der Waals surface area contributed by atoms with E-state index in [1.807, 2.05) is 0 Å². The van der Waals surface area contributed by atoms with Crippen LogP contribution in [-0.4, -0.2) is 0 Å². The van der Waals surface area contributed by atoms with Gasteiger partial charge in [0.25, 0.3) is 0 Å². The zero-order valence-electron chi connectivity index (χ0n) is 9.90. The van der Waals surface area contributed by atoms with Gasteiger partial charge in [0.1, 0.15) is 0 Å². The van der Waals surface area contributed by atoms with Gasteiger partial charge in [-0.05, 0) is 30.1 Å². The van der Waals surface area contributed by atoms with Crippen molar-refractivity contribution in [2.24, 2.45) is 17.3 Å². The van der Waals surface area contributed by atoms with Crippen LogP contribution in [0.2, 0.25) is 0 Å². The quantitative estimate of drug-likeness (QED) is 0.554. The van der Waals surface area contributed by atoms with Crippen LogP contribution in [0.25, 0.3) is 0 Å². The number of hydrogen-bond donors (Lipinski definition) is 0. The lowest BCUT2D eigenvalue weighted by Gasteiger charge is -2.33. The summed E-state index contributed by atoms with van der Waals surface area (Å²) in [5.74, 6) is 1.96. The molecule has 2 atom stereocenters. The third kappa shape index (κ3) is 3.70. The minimum Gasteiger partial charge on any atom is -0.0651 e. The maximum absolute atomic E-state index is 2.45. The van der Waals surface area contributed by atoms with Gasteiger partial charge in [-0.25, -0.2) is 0 Å². The van der Waals surface area contributed by atoms with E-state index in [1.54, 1.807) is 0 Å². The SMILES string of the molecule is CCC1CCC(C)CCC(C)(C)C1. The summed E-state index contributed by atoms with van der Waals surface area (Å²) in [6.07, 6.45) is 8.66. The lowest BCUT2D eigenvalue weighted by atomic mass is 9.72. The molecular weight excluding hydrogens is 156 g/mol. The normalized spacial score (nSPS) is 35.1. The second-order valence-electron chi connectivity index (χ2n) is 5.86. The molecular formula is C13H26. The van der Waals surface area contributed by atoms with Gasteiger partial charge in [0.05, 0.1) is 0 Å². The molecule has 1 rings (SSSR count). The topological polar surface area (TPSA) is 0 Å². The van der Waals surface area contributed by atoms with Gasteiger partial charge in [-0.15, -0.1) is 0 Å². The molecule has 0 spiro atoms. The van der Waals surface area contributed by atoms with E-state index in [-0.39, 0.29) is 0 Å². The molecule has 0 amide bonds. The fourth-order valence-electron chi connectivity index (χ4n) is 2.64. The smallest absolute Gasteiger partial charge is 0.0351 e. The summed E-state index contributed by atoms with van der Waals surface area (Å²) in [4.78, 5) is 0. The monoisotopic (exact) mass is 182 g/mol. The molecule has 2 unspecified atom stereocenters. The van der Waals surface area contributed by atoms with Gasteiger partial charge in [-0.3, -0.25) is 0 Å². The van der Waals surface area contributed by atoms with Crippen molar-refractivity contribution in [3.8, 4) is 0 Å². The second kappa shape index (κ2) is 4.48. The molecule has 78 valence electrons. The first-order valence-corrected chi connectivity index (χ1v) is 6.03. The highest BCUT2D eigenvalue weighted by Crippen LogP contribution is 2.38. The molecule has 1 saturated carbocycles. The zero-order valence-corrected chi connectivity index (χ0v) is 9.90. The zero-order chi connectivity index (χ0) is 9.90. The Labute approximate surface area is 84.1 Å². The maximum atomic E-state index is 2.45. The van der Waals surface area contributed by atoms with Crippen molar-refractivity contribution < 1.29 is 0 Å². The van der Waals surface area contributed by atoms with E-state index in [9.17, 15) is 0 Å². The second-order valence-corrected chi connectivity index (χ2v) is 5.86. The molecule has 1 fully saturated rings. The minimum absolute atomic E-state index is 0.607. The molecule has 0 aromatic carbocycles. The molecule has 0 heterocycles. The Kier molecular flexibility index (Phi) is 3.82. The van der Waals surface area contributed by atoms with E-state index < -0.39 is 0 Å². The maximum Gasteiger partial charge on any atom is -0.0351 e. The van der Waals surface area contributed by atoms with Crippen molar-refractivity contribution in [2.45, 2.75) is 66.2 Å². The van der Waals surface area contributed by atoms with Crippen molar-refractivity contribution >= 4 is 0 Å². The van der Waals surface area contributed by atoms with E-state index in [4.69, 9.17) is 0 Å². The number of hydrogen-bond acceptors (Lipinski definition) is 0. The highest BCUT2D eigenvalue weighted by atomic mass is 14.3. The van der Waals surface area contributed by atoms with E-state index in [2.05, 4.69) is 27.7 Å². The van der Waals surface area contributed by atoms with Crippen LogP contribution < -0.4 is 0 Å². The Morgan fingerprint density at radius 1 is 1.15 bits per heavy atom. The fraction of sp³-hybridized carbons (Fsp3) is 1.00. The lowest BCUT2D eigenvalue weighted by molar-refractivity contribution is 0.184. The summed E-state index contributed by atoms with van der Waals surface area (Å²) in [5, 5.41) is 0. The van der Waals surface area contributed by atoms with Crippen LogP contribution in [-0.2, 0) is 0 Å². The van der Waals surface area contributed by atoms with Gasteiger partial charge < -0.3 is 0 Å². The predicted octanol–water partition coefficient (Wildman–Crippen LogP) is 4.64. The van der Waals surface area contributed by atoms with Gasteiger partial charge in [0.2, 0.25) is 0 Å². The summed E-state index contributed by atoms with van der Waals surface area (Å²) >= 11 is 0. The molecule has 13 heavy (non-hydrogen) atoms. The molecule has 0 heteroatoms. The Hall–Kier alpha value is 0. The fourth-order valence-corrected chi connectivity index (χ4v) is 2.64. The van der Waals surface area contributed by atoms with Crippen molar-refractivity contribution in [2.75, 3.05) is 0 Å². The Morgan fingerprint density at radius 2 is 1.85 bits per heavy atom. The minimum atomic E-state index is 0.607. The Balaban J connectivity index is 2.53. The van der Waals surface area contributed by atoms with Crippen molar-refractivity contribution in [1.29, 1.82) is 0 Å². The van der Waals surface area contributed by atoms with Gasteiger partial charge in [0, 0.05) is 0 Å². The van der Waals surface area contributed by atoms with Crippen LogP contribution in [0.15, 0.2) is 0 Å². The molecule has 0 bridgehead atoms. The van der Waals surface area contributed by atoms with Crippen LogP contribution in [0.4, 0.5) is 0 Å². The Bertz CT molecular complexity index is 146. The van der Waals surface area contributed by atoms with Crippen LogP contribution in [0.3, 0.4) is 0 Å².